The summed E-state index contributed by atoms with van der Waals surface area (Å²) < 4.78 is 19.2. The average molecular weight is 403 g/mol. The number of furan rings is 1. The number of nitrogens with one attached hydrogen (secondary N) is 1. The number of ketones is 1. The second kappa shape index (κ2) is 8.52. The van der Waals surface area contributed by atoms with Crippen LogP contribution in [0, 0.1) is 5.82 Å². The molecular formula is C22H18FN5O2. The molecule has 150 valence electrons. The number of anilines is 2. The van der Waals surface area contributed by atoms with Crippen molar-refractivity contribution < 1.29 is 13.6 Å². The third-order valence-corrected chi connectivity index (χ3v) is 4.54. The minimum Gasteiger partial charge on any atom is -0.472 e. The molecule has 3 N–H and O–H groups in total. The highest BCUT2D eigenvalue weighted by Crippen LogP contribution is 2.19. The van der Waals surface area contributed by atoms with Crippen molar-refractivity contribution in [2.24, 2.45) is 0 Å². The Hall–Kier alpha value is -4.07. The Kier molecular flexibility index (Phi) is 5.47. The van der Waals surface area contributed by atoms with Crippen LogP contribution in [-0.2, 0) is 13.0 Å². The molecule has 0 fully saturated rings. The van der Waals surface area contributed by atoms with Gasteiger partial charge in [-0.25, -0.2) is 14.4 Å². The van der Waals surface area contributed by atoms with Crippen molar-refractivity contribution in [3.63, 3.8) is 0 Å². The van der Waals surface area contributed by atoms with E-state index in [-0.39, 0.29) is 30.3 Å². The van der Waals surface area contributed by atoms with Crippen molar-refractivity contribution in [2.75, 3.05) is 11.1 Å². The summed E-state index contributed by atoms with van der Waals surface area (Å²) in [6.45, 7) is 0.211. The van der Waals surface area contributed by atoms with Crippen molar-refractivity contribution >= 4 is 17.3 Å². The van der Waals surface area contributed by atoms with Gasteiger partial charge in [-0.2, -0.15) is 0 Å². The van der Waals surface area contributed by atoms with Crippen molar-refractivity contribution in [1.29, 1.82) is 0 Å². The van der Waals surface area contributed by atoms with E-state index in [9.17, 15) is 9.18 Å². The third-order valence-electron chi connectivity index (χ3n) is 4.54. The molecule has 0 unspecified atom stereocenters. The Balaban J connectivity index is 1.44. The molecular weight excluding hydrogens is 385 g/mol. The first-order valence-electron chi connectivity index (χ1n) is 9.19. The lowest BCUT2D eigenvalue weighted by molar-refractivity contribution is 0.0988. The second-order valence-electron chi connectivity index (χ2n) is 6.61. The molecule has 0 spiro atoms. The fourth-order valence-electron chi connectivity index (χ4n) is 2.94. The normalized spacial score (nSPS) is 10.7. The Morgan fingerprint density at radius 3 is 2.77 bits per heavy atom. The first kappa shape index (κ1) is 19.3. The van der Waals surface area contributed by atoms with Crippen LogP contribution in [0.15, 0.2) is 71.9 Å². The minimum atomic E-state index is -0.370. The smallest absolute Gasteiger partial charge is 0.187 e. The summed E-state index contributed by atoms with van der Waals surface area (Å²) in [5.41, 5.74) is 9.16. The van der Waals surface area contributed by atoms with Crippen LogP contribution in [0.25, 0.3) is 11.3 Å². The lowest BCUT2D eigenvalue weighted by atomic mass is 10.0. The zero-order valence-electron chi connectivity index (χ0n) is 15.9. The van der Waals surface area contributed by atoms with Crippen LogP contribution in [0.3, 0.4) is 0 Å². The minimum absolute atomic E-state index is 0.0854. The molecule has 30 heavy (non-hydrogen) atoms. The van der Waals surface area contributed by atoms with Gasteiger partial charge in [0.05, 0.1) is 36.3 Å². The molecule has 0 saturated heterocycles. The molecule has 0 aliphatic heterocycles. The molecule has 4 rings (SSSR count). The molecule has 4 aromatic rings. The zero-order valence-corrected chi connectivity index (χ0v) is 15.9. The number of aromatic nitrogens is 3. The van der Waals surface area contributed by atoms with E-state index in [1.807, 2.05) is 0 Å². The Morgan fingerprint density at radius 2 is 2.03 bits per heavy atom. The number of nitrogen functional groups attached to an aromatic ring is 1. The molecule has 0 atom stereocenters. The molecule has 0 aliphatic rings. The van der Waals surface area contributed by atoms with Crippen LogP contribution in [0.1, 0.15) is 21.6 Å². The van der Waals surface area contributed by atoms with Gasteiger partial charge < -0.3 is 15.5 Å². The van der Waals surface area contributed by atoms with E-state index >= 15 is 0 Å². The molecule has 0 saturated carbocycles. The lowest BCUT2D eigenvalue weighted by Crippen LogP contribution is -2.09. The summed E-state index contributed by atoms with van der Waals surface area (Å²) in [5.74, 6) is -0.240. The summed E-state index contributed by atoms with van der Waals surface area (Å²) >= 11 is 0. The number of rotatable bonds is 7. The molecule has 7 nitrogen and oxygen atoms in total. The molecule has 0 amide bonds. The SMILES string of the molecule is Nc1ncccc1NCc1cc(CC(=O)c2cnc(-c3ccoc3)cn2)ccc1F. The summed E-state index contributed by atoms with van der Waals surface area (Å²) in [6, 6.07) is 9.85. The monoisotopic (exact) mass is 403 g/mol. The van der Waals surface area contributed by atoms with E-state index in [4.69, 9.17) is 10.2 Å². The van der Waals surface area contributed by atoms with E-state index in [1.54, 1.807) is 49.1 Å². The van der Waals surface area contributed by atoms with Gasteiger partial charge in [0.2, 0.25) is 0 Å². The van der Waals surface area contributed by atoms with Crippen molar-refractivity contribution in [3.8, 4) is 11.3 Å². The van der Waals surface area contributed by atoms with Gasteiger partial charge >= 0.3 is 0 Å². The van der Waals surface area contributed by atoms with E-state index in [1.165, 1.54) is 18.5 Å². The van der Waals surface area contributed by atoms with E-state index in [2.05, 4.69) is 20.3 Å². The number of carbonyl (C=O) groups excluding carboxylic acids is 1. The first-order chi connectivity index (χ1) is 14.6. The Bertz CT molecular complexity index is 1160. The van der Waals surface area contributed by atoms with Crippen LogP contribution in [0.5, 0.6) is 0 Å². The zero-order chi connectivity index (χ0) is 20.9. The molecule has 3 aromatic heterocycles. The number of hydrogen-bond donors (Lipinski definition) is 2. The molecule has 1 aromatic carbocycles. The van der Waals surface area contributed by atoms with E-state index in [0.29, 0.717) is 28.3 Å². The first-order valence-corrected chi connectivity index (χ1v) is 9.19. The standard InChI is InChI=1S/C22H18FN5O2/c23-17-4-3-14(8-16(17)10-26-18-2-1-6-25-22(18)24)9-21(29)20-12-27-19(11-28-20)15-5-7-30-13-15/h1-8,11-13,26H,9-10H2,(H2,24,25). The number of carbonyl (C=O) groups is 1. The van der Waals surface area contributed by atoms with Crippen LogP contribution in [-0.4, -0.2) is 20.7 Å². The predicted molar refractivity (Wildman–Crippen MR) is 110 cm³/mol. The highest BCUT2D eigenvalue weighted by Gasteiger charge is 2.12. The van der Waals surface area contributed by atoms with Gasteiger partial charge in [-0.15, -0.1) is 0 Å². The van der Waals surface area contributed by atoms with Crippen molar-refractivity contribution in [3.05, 3.63) is 90.2 Å². The second-order valence-corrected chi connectivity index (χ2v) is 6.61. The summed E-state index contributed by atoms with van der Waals surface area (Å²) in [5, 5.41) is 3.06. The van der Waals surface area contributed by atoms with Gasteiger partial charge in [-0.1, -0.05) is 12.1 Å². The van der Waals surface area contributed by atoms with Crippen molar-refractivity contribution in [2.45, 2.75) is 13.0 Å². The molecule has 8 heteroatoms. The molecule has 3 heterocycles. The van der Waals surface area contributed by atoms with Gasteiger partial charge in [0.25, 0.3) is 0 Å². The molecule has 0 radical (unpaired) electrons. The Labute approximate surface area is 171 Å². The fraction of sp³-hybridized carbons (Fsp3) is 0.0909. The third kappa shape index (κ3) is 4.33. The number of pyridine rings is 1. The predicted octanol–water partition coefficient (Wildman–Crippen LogP) is 3.89. The summed E-state index contributed by atoms with van der Waals surface area (Å²) in [4.78, 5) is 25.0. The number of nitrogens with zero attached hydrogens (tertiary/aromatic N) is 3. The lowest BCUT2D eigenvalue weighted by Gasteiger charge is -2.10. The van der Waals surface area contributed by atoms with Crippen LogP contribution in [0.2, 0.25) is 0 Å². The van der Waals surface area contributed by atoms with Gasteiger partial charge in [-0.05, 0) is 29.8 Å². The number of benzene rings is 1. The quantitative estimate of drug-likeness (QED) is 0.451. The summed E-state index contributed by atoms with van der Waals surface area (Å²) in [6.07, 6.45) is 7.72. The van der Waals surface area contributed by atoms with Gasteiger partial charge in [0.15, 0.2) is 5.78 Å². The molecule has 0 bridgehead atoms. The molecule has 0 aliphatic carbocycles. The maximum absolute atomic E-state index is 14.2. The van der Waals surface area contributed by atoms with E-state index in [0.717, 1.165) is 5.56 Å². The van der Waals surface area contributed by atoms with Crippen LogP contribution < -0.4 is 11.1 Å². The average Bonchev–Trinajstić information content (AvgIpc) is 3.30. The Morgan fingerprint density at radius 1 is 1.13 bits per heavy atom. The number of Topliss-reactive ketones (excluding diaryl/α,β-unsaturated/α-hetero) is 1. The number of halogens is 1. The summed E-state index contributed by atoms with van der Waals surface area (Å²) in [7, 11) is 0. The van der Waals surface area contributed by atoms with Gasteiger partial charge in [0, 0.05) is 30.3 Å². The topological polar surface area (TPSA) is 107 Å². The number of hydrogen-bond acceptors (Lipinski definition) is 7. The highest BCUT2D eigenvalue weighted by molar-refractivity contribution is 5.95. The maximum atomic E-state index is 14.2. The van der Waals surface area contributed by atoms with E-state index < -0.39 is 0 Å². The maximum Gasteiger partial charge on any atom is 0.187 e. The van der Waals surface area contributed by atoms with Gasteiger partial charge in [-0.3, -0.25) is 9.78 Å². The fourth-order valence-corrected chi connectivity index (χ4v) is 2.94. The van der Waals surface area contributed by atoms with Crippen molar-refractivity contribution in [1.82, 2.24) is 15.0 Å². The van der Waals surface area contributed by atoms with Crippen LogP contribution in [0.4, 0.5) is 15.9 Å². The van der Waals surface area contributed by atoms with Gasteiger partial charge in [0.1, 0.15) is 17.3 Å². The largest absolute Gasteiger partial charge is 0.472 e. The number of nitrogens with two attached hydrogens (primary N) is 1. The van der Waals surface area contributed by atoms with Crippen LogP contribution >= 0.6 is 0 Å². The highest BCUT2D eigenvalue weighted by atomic mass is 19.1.